The lowest BCUT2D eigenvalue weighted by Gasteiger charge is -2.09. The van der Waals surface area contributed by atoms with Crippen LogP contribution < -0.4 is 10.1 Å². The lowest BCUT2D eigenvalue weighted by molar-refractivity contribution is -0.764. The molecule has 0 radical (unpaired) electrons. The molecule has 0 aliphatic heterocycles. The molecule has 168 valence electrons. The Kier molecular flexibility index (Phi) is 9.89. The molecule has 0 heterocycles. The van der Waals surface area contributed by atoms with E-state index in [0.29, 0.717) is 5.69 Å². The molecule has 0 aromatic heterocycles. The molecule has 31 heavy (non-hydrogen) atoms. The summed E-state index contributed by atoms with van der Waals surface area (Å²) in [5, 5.41) is 11.4. The van der Waals surface area contributed by atoms with Crippen LogP contribution in [0.5, 0.6) is 5.75 Å². The van der Waals surface area contributed by atoms with Gasteiger partial charge in [0.05, 0.1) is 0 Å². The number of benzene rings is 1. The number of hydrogen-bond acceptors (Lipinski definition) is 12. The van der Waals surface area contributed by atoms with Gasteiger partial charge in [0.25, 0.3) is 5.09 Å². The molecule has 14 heteroatoms. The zero-order valence-electron chi connectivity index (χ0n) is 16.4. The minimum Gasteiger partial charge on any atom is -0.452 e. The average Bonchev–Trinajstić information content (AvgIpc) is 2.69. The van der Waals surface area contributed by atoms with Crippen molar-refractivity contribution in [3.8, 4) is 5.75 Å². The molecule has 1 rings (SSSR count). The Morgan fingerprint density at radius 2 is 1.45 bits per heavy atom. The molecule has 0 fully saturated rings. The third-order valence-electron chi connectivity index (χ3n) is 3.02. The van der Waals surface area contributed by atoms with Gasteiger partial charge in [-0.25, -0.2) is 19.2 Å². The summed E-state index contributed by atoms with van der Waals surface area (Å²) < 4.78 is 18.3. The molecular formula is C17H18N2O12. The maximum Gasteiger partial charge on any atom is 0.349 e. The molecule has 0 spiro atoms. The van der Waals surface area contributed by atoms with Gasteiger partial charge >= 0.3 is 23.9 Å². The summed E-state index contributed by atoms with van der Waals surface area (Å²) >= 11 is 0. The Morgan fingerprint density at radius 1 is 0.935 bits per heavy atom. The van der Waals surface area contributed by atoms with Crippen LogP contribution in [0.25, 0.3) is 0 Å². The van der Waals surface area contributed by atoms with E-state index in [-0.39, 0.29) is 11.7 Å². The molecule has 0 aliphatic carbocycles. The van der Waals surface area contributed by atoms with Crippen LogP contribution in [-0.2, 0) is 43.0 Å². The SMILES string of the molecule is CC(=O)Nc1ccc(OC(=O)COC(=O)COC(=O)COC(=O)C(C)O[N+](=O)[O-])cc1. The summed E-state index contributed by atoms with van der Waals surface area (Å²) in [6, 6.07) is 5.80. The van der Waals surface area contributed by atoms with Crippen LogP contribution in [0, 0.1) is 10.1 Å². The first-order valence-electron chi connectivity index (χ1n) is 8.44. The van der Waals surface area contributed by atoms with Crippen LogP contribution in [0.15, 0.2) is 24.3 Å². The van der Waals surface area contributed by atoms with Crippen molar-refractivity contribution in [3.05, 3.63) is 34.4 Å². The third-order valence-corrected chi connectivity index (χ3v) is 3.02. The molecule has 1 N–H and O–H groups in total. The Hall–Kier alpha value is -4.23. The molecular weight excluding hydrogens is 424 g/mol. The van der Waals surface area contributed by atoms with Crippen LogP contribution >= 0.6 is 0 Å². The Bertz CT molecular complexity index is 836. The first-order chi connectivity index (χ1) is 14.6. The Labute approximate surface area is 174 Å². The quantitative estimate of drug-likeness (QED) is 0.156. The summed E-state index contributed by atoms with van der Waals surface area (Å²) in [6.07, 6.45) is -1.56. The first-order valence-corrected chi connectivity index (χ1v) is 8.44. The highest BCUT2D eigenvalue weighted by atomic mass is 17.0. The lowest BCUT2D eigenvalue weighted by atomic mass is 10.3. The molecule has 0 saturated carbocycles. The van der Waals surface area contributed by atoms with Gasteiger partial charge in [0.1, 0.15) is 5.75 Å². The fourth-order valence-electron chi connectivity index (χ4n) is 1.75. The average molecular weight is 442 g/mol. The zero-order chi connectivity index (χ0) is 23.4. The predicted octanol–water partition coefficient (Wildman–Crippen LogP) is -0.223. The monoisotopic (exact) mass is 442 g/mol. The van der Waals surface area contributed by atoms with Crippen molar-refractivity contribution < 1.29 is 52.8 Å². The van der Waals surface area contributed by atoms with Gasteiger partial charge in [-0.1, -0.05) is 0 Å². The molecule has 1 atom stereocenters. The number of nitrogens with one attached hydrogen (secondary N) is 1. The maximum absolute atomic E-state index is 11.6. The van der Waals surface area contributed by atoms with Crippen LogP contribution in [-0.4, -0.2) is 60.8 Å². The van der Waals surface area contributed by atoms with Gasteiger partial charge in [-0.05, 0) is 31.2 Å². The topological polar surface area (TPSA) is 187 Å². The summed E-state index contributed by atoms with van der Waals surface area (Å²) in [6.45, 7) is -0.204. The normalized spacial score (nSPS) is 10.8. The predicted molar refractivity (Wildman–Crippen MR) is 96.8 cm³/mol. The van der Waals surface area contributed by atoms with Gasteiger partial charge in [-0.3, -0.25) is 9.63 Å². The fraction of sp³-hybridized carbons (Fsp3) is 0.353. The smallest absolute Gasteiger partial charge is 0.349 e. The van der Waals surface area contributed by atoms with E-state index < -0.39 is 54.9 Å². The van der Waals surface area contributed by atoms with Crippen molar-refractivity contribution >= 4 is 35.5 Å². The molecule has 1 unspecified atom stereocenters. The highest BCUT2D eigenvalue weighted by Gasteiger charge is 2.20. The number of carbonyl (C=O) groups excluding carboxylic acids is 5. The van der Waals surface area contributed by atoms with Gasteiger partial charge < -0.3 is 24.3 Å². The van der Waals surface area contributed by atoms with Crippen LogP contribution in [0.4, 0.5) is 5.69 Å². The number of rotatable bonds is 11. The van der Waals surface area contributed by atoms with E-state index in [4.69, 9.17) is 4.74 Å². The minimum atomic E-state index is -1.56. The van der Waals surface area contributed by atoms with Crippen LogP contribution in [0.2, 0.25) is 0 Å². The molecule has 0 aliphatic rings. The molecule has 1 aromatic carbocycles. The fourth-order valence-corrected chi connectivity index (χ4v) is 1.75. The van der Waals surface area contributed by atoms with Gasteiger partial charge in [-0.2, -0.15) is 0 Å². The highest BCUT2D eigenvalue weighted by molar-refractivity contribution is 5.88. The van der Waals surface area contributed by atoms with Gasteiger partial charge in [-0.15, -0.1) is 10.1 Å². The summed E-state index contributed by atoms with van der Waals surface area (Å²) in [4.78, 5) is 70.7. The van der Waals surface area contributed by atoms with Crippen LogP contribution in [0.3, 0.4) is 0 Å². The number of anilines is 1. The number of esters is 4. The van der Waals surface area contributed by atoms with Gasteiger partial charge in [0.15, 0.2) is 19.8 Å². The Balaban J connectivity index is 2.26. The van der Waals surface area contributed by atoms with E-state index in [1.807, 2.05) is 0 Å². The first kappa shape index (κ1) is 24.8. The van der Waals surface area contributed by atoms with Crippen LogP contribution in [0.1, 0.15) is 13.8 Å². The van der Waals surface area contributed by atoms with Crippen molar-refractivity contribution in [2.45, 2.75) is 20.0 Å². The van der Waals surface area contributed by atoms with Crippen molar-refractivity contribution in [1.82, 2.24) is 0 Å². The molecule has 1 amide bonds. The number of carbonyl (C=O) groups is 5. The molecule has 0 saturated heterocycles. The zero-order valence-corrected chi connectivity index (χ0v) is 16.4. The summed E-state index contributed by atoms with van der Waals surface area (Å²) in [5.41, 5.74) is 0.492. The second kappa shape index (κ2) is 12.4. The summed E-state index contributed by atoms with van der Waals surface area (Å²) in [5.74, 6) is -4.46. The van der Waals surface area contributed by atoms with E-state index in [2.05, 4.69) is 24.4 Å². The maximum atomic E-state index is 11.6. The number of nitrogens with zero attached hydrogens (tertiary/aromatic N) is 1. The number of hydrogen-bond donors (Lipinski definition) is 1. The van der Waals surface area contributed by atoms with E-state index in [9.17, 15) is 34.1 Å². The molecule has 1 aromatic rings. The summed E-state index contributed by atoms with van der Waals surface area (Å²) in [7, 11) is 0. The minimum absolute atomic E-state index is 0.138. The van der Waals surface area contributed by atoms with Crippen molar-refractivity contribution in [1.29, 1.82) is 0 Å². The second-order valence-electron chi connectivity index (χ2n) is 5.58. The van der Waals surface area contributed by atoms with E-state index >= 15 is 0 Å². The molecule has 0 bridgehead atoms. The molecule has 14 nitrogen and oxygen atoms in total. The van der Waals surface area contributed by atoms with E-state index in [0.717, 1.165) is 6.92 Å². The standard InChI is InChI=1S/C17H18N2O12/c1-10(31-19(25)26)17(24)29-8-15(22)27-7-14(21)28-9-16(23)30-13-5-3-12(4-6-13)18-11(2)20/h3-6,10H,7-9H2,1-2H3,(H,18,20). The van der Waals surface area contributed by atoms with E-state index in [1.165, 1.54) is 31.2 Å². The largest absolute Gasteiger partial charge is 0.452 e. The van der Waals surface area contributed by atoms with E-state index in [1.54, 1.807) is 0 Å². The highest BCUT2D eigenvalue weighted by Crippen LogP contribution is 2.15. The lowest BCUT2D eigenvalue weighted by Crippen LogP contribution is -2.29. The van der Waals surface area contributed by atoms with Crippen molar-refractivity contribution in [2.24, 2.45) is 0 Å². The van der Waals surface area contributed by atoms with Crippen molar-refractivity contribution in [3.63, 3.8) is 0 Å². The van der Waals surface area contributed by atoms with Gasteiger partial charge in [0, 0.05) is 12.6 Å². The van der Waals surface area contributed by atoms with Crippen molar-refractivity contribution in [2.75, 3.05) is 25.1 Å². The second-order valence-corrected chi connectivity index (χ2v) is 5.58. The number of ether oxygens (including phenoxy) is 4. The Morgan fingerprint density at radius 3 is 1.97 bits per heavy atom. The van der Waals surface area contributed by atoms with Gasteiger partial charge in [0.2, 0.25) is 12.0 Å². The number of amides is 1. The third kappa shape index (κ3) is 10.8.